The van der Waals surface area contributed by atoms with E-state index >= 15 is 0 Å². The Kier molecular flexibility index (Phi) is 7.96. The van der Waals surface area contributed by atoms with Gasteiger partial charge in [-0.2, -0.15) is 0 Å². The first kappa shape index (κ1) is 29.6. The second-order valence-corrected chi connectivity index (χ2v) is 17.4. The molecule has 0 bridgehead atoms. The lowest BCUT2D eigenvalue weighted by Crippen LogP contribution is -2.51. The molecule has 0 aliphatic carbocycles. The van der Waals surface area contributed by atoms with E-state index in [1.807, 2.05) is 70.5 Å². The molecule has 8 heteroatoms. The van der Waals surface area contributed by atoms with Crippen molar-refractivity contribution in [3.8, 4) is 5.75 Å². The second-order valence-electron chi connectivity index (χ2n) is 12.7. The normalized spacial score (nSPS) is 25.5. The number of amides is 2. The fourth-order valence-electron chi connectivity index (χ4n) is 7.86. The Morgan fingerprint density at radius 3 is 2.40 bits per heavy atom. The SMILES string of the molecule is COc1ccc([Si](C)(C)[C@@H]2[C@@H](CCO)O[C@]3(C(=O)N(Cc4ccc(N5CCCCC5=O)cc4)c4ccccc43)[C@H]2C)cc1. The summed E-state index contributed by atoms with van der Waals surface area (Å²) in [5.74, 6) is 0.851. The van der Waals surface area contributed by atoms with Gasteiger partial charge in [-0.15, -0.1) is 0 Å². The zero-order valence-electron chi connectivity index (χ0n) is 25.6. The Labute approximate surface area is 255 Å². The highest BCUT2D eigenvalue weighted by Crippen LogP contribution is 2.60. The number of aliphatic hydroxyl groups is 1. The number of benzene rings is 3. The van der Waals surface area contributed by atoms with Crippen LogP contribution < -0.4 is 19.7 Å². The molecule has 1 spiro atoms. The molecule has 3 heterocycles. The van der Waals surface area contributed by atoms with Crippen molar-refractivity contribution in [1.29, 1.82) is 0 Å². The number of carbonyl (C=O) groups is 2. The minimum atomic E-state index is -2.21. The molecule has 3 aromatic rings. The van der Waals surface area contributed by atoms with Crippen molar-refractivity contribution in [3.05, 3.63) is 83.9 Å². The van der Waals surface area contributed by atoms with Crippen molar-refractivity contribution in [1.82, 2.24) is 0 Å². The van der Waals surface area contributed by atoms with Crippen LogP contribution in [0.4, 0.5) is 11.4 Å². The summed E-state index contributed by atoms with van der Waals surface area (Å²) in [5.41, 5.74) is 2.68. The first-order valence-corrected chi connectivity index (χ1v) is 18.5. The number of fused-ring (bicyclic) bond motifs is 2. The third kappa shape index (κ3) is 4.89. The fourth-order valence-corrected chi connectivity index (χ4v) is 11.9. The van der Waals surface area contributed by atoms with E-state index in [0.717, 1.165) is 47.6 Å². The maximum Gasteiger partial charge on any atom is 0.264 e. The van der Waals surface area contributed by atoms with Gasteiger partial charge in [-0.1, -0.05) is 67.7 Å². The molecule has 43 heavy (non-hydrogen) atoms. The summed E-state index contributed by atoms with van der Waals surface area (Å²) in [5, 5.41) is 11.4. The number of aliphatic hydroxyl groups excluding tert-OH is 1. The van der Waals surface area contributed by atoms with Gasteiger partial charge < -0.3 is 24.4 Å². The Morgan fingerprint density at radius 2 is 1.72 bits per heavy atom. The molecule has 0 radical (unpaired) electrons. The number of hydrogen-bond acceptors (Lipinski definition) is 5. The zero-order valence-corrected chi connectivity index (χ0v) is 26.6. The van der Waals surface area contributed by atoms with Crippen LogP contribution in [-0.2, 0) is 26.5 Å². The van der Waals surface area contributed by atoms with Crippen LogP contribution in [0.3, 0.4) is 0 Å². The first-order chi connectivity index (χ1) is 20.7. The molecule has 3 aliphatic heterocycles. The predicted octanol–water partition coefficient (Wildman–Crippen LogP) is 5.36. The number of nitrogens with zero attached hydrogens (tertiary/aromatic N) is 2. The van der Waals surface area contributed by atoms with Gasteiger partial charge in [0.2, 0.25) is 5.91 Å². The smallest absolute Gasteiger partial charge is 0.264 e. The molecule has 3 aromatic carbocycles. The molecule has 1 N–H and O–H groups in total. The quantitative estimate of drug-likeness (QED) is 0.354. The molecule has 4 atom stereocenters. The Bertz CT molecular complexity index is 1490. The largest absolute Gasteiger partial charge is 0.497 e. The average molecular weight is 599 g/mol. The van der Waals surface area contributed by atoms with Crippen LogP contribution in [0, 0.1) is 5.92 Å². The van der Waals surface area contributed by atoms with Crippen LogP contribution in [-0.4, -0.2) is 51.4 Å². The van der Waals surface area contributed by atoms with Gasteiger partial charge in [-0.3, -0.25) is 9.59 Å². The van der Waals surface area contributed by atoms with Crippen LogP contribution >= 0.6 is 0 Å². The van der Waals surface area contributed by atoms with Gasteiger partial charge in [-0.05, 0) is 60.7 Å². The van der Waals surface area contributed by atoms with Crippen molar-refractivity contribution >= 4 is 36.4 Å². The first-order valence-electron chi connectivity index (χ1n) is 15.5. The molecule has 0 saturated carbocycles. The summed E-state index contributed by atoms with van der Waals surface area (Å²) in [6.07, 6.45) is 2.80. The molecule has 2 amide bonds. The van der Waals surface area contributed by atoms with Gasteiger partial charge >= 0.3 is 0 Å². The highest BCUT2D eigenvalue weighted by atomic mass is 28.3. The summed E-state index contributed by atoms with van der Waals surface area (Å²) in [6.45, 7) is 8.03. The number of rotatable bonds is 8. The molecule has 2 saturated heterocycles. The van der Waals surface area contributed by atoms with E-state index in [0.29, 0.717) is 19.4 Å². The van der Waals surface area contributed by atoms with Gasteiger partial charge in [0.15, 0.2) is 5.60 Å². The number of hydrogen-bond donors (Lipinski definition) is 1. The van der Waals surface area contributed by atoms with Crippen molar-refractivity contribution in [2.75, 3.05) is 30.1 Å². The van der Waals surface area contributed by atoms with E-state index in [9.17, 15) is 14.7 Å². The molecule has 3 aliphatic rings. The Balaban J connectivity index is 1.33. The van der Waals surface area contributed by atoms with E-state index in [-0.39, 0.29) is 36.0 Å². The molecular formula is C35H42N2O5Si. The maximum atomic E-state index is 14.7. The minimum Gasteiger partial charge on any atom is -0.497 e. The topological polar surface area (TPSA) is 79.3 Å². The molecule has 0 aromatic heterocycles. The van der Waals surface area contributed by atoms with Crippen LogP contribution in [0.2, 0.25) is 18.6 Å². The second kappa shape index (κ2) is 11.6. The summed E-state index contributed by atoms with van der Waals surface area (Å²) in [7, 11) is -0.538. The van der Waals surface area contributed by atoms with E-state index in [1.165, 1.54) is 5.19 Å². The van der Waals surface area contributed by atoms with Crippen LogP contribution in [0.15, 0.2) is 72.8 Å². The average Bonchev–Trinajstić information content (AvgIpc) is 3.45. The van der Waals surface area contributed by atoms with Crippen LogP contribution in [0.1, 0.15) is 43.7 Å². The number of anilines is 2. The van der Waals surface area contributed by atoms with Crippen molar-refractivity contribution in [2.45, 2.75) is 69.5 Å². The van der Waals surface area contributed by atoms with Crippen molar-refractivity contribution < 1.29 is 24.2 Å². The third-order valence-electron chi connectivity index (χ3n) is 10.1. The number of carbonyl (C=O) groups excluding carboxylic acids is 2. The standard InChI is InChI=1S/C35H42N2O5Si/c1-24-33(43(3,4)28-18-16-27(41-2)17-19-28)31(20-22-38)42-35(24)29-9-5-6-10-30(29)37(34(35)40)23-25-12-14-26(15-13-25)36-21-8-7-11-32(36)39/h5-6,9-10,12-19,24,31,33,38H,7-8,11,20-23H2,1-4H3/t24-,31+,33-,35+/m0/s1. The highest BCUT2D eigenvalue weighted by Gasteiger charge is 2.66. The lowest BCUT2D eigenvalue weighted by atomic mass is 9.82. The molecule has 226 valence electrons. The monoisotopic (exact) mass is 598 g/mol. The maximum absolute atomic E-state index is 14.7. The van der Waals surface area contributed by atoms with E-state index < -0.39 is 13.7 Å². The fraction of sp³-hybridized carbons (Fsp3) is 0.429. The Morgan fingerprint density at radius 1 is 1.00 bits per heavy atom. The predicted molar refractivity (Wildman–Crippen MR) is 172 cm³/mol. The number of ether oxygens (including phenoxy) is 2. The minimum absolute atomic E-state index is 0.00246. The van der Waals surface area contributed by atoms with E-state index in [4.69, 9.17) is 9.47 Å². The third-order valence-corrected chi connectivity index (χ3v) is 14.4. The molecular weight excluding hydrogens is 556 g/mol. The highest BCUT2D eigenvalue weighted by molar-refractivity contribution is 6.91. The van der Waals surface area contributed by atoms with Crippen molar-refractivity contribution in [3.63, 3.8) is 0 Å². The molecule has 6 rings (SSSR count). The van der Waals surface area contributed by atoms with Gasteiger partial charge in [0.05, 0.1) is 33.5 Å². The molecule has 2 fully saturated rings. The van der Waals surface area contributed by atoms with Gasteiger partial charge in [0.25, 0.3) is 5.91 Å². The number of para-hydroxylation sites is 1. The van der Waals surface area contributed by atoms with E-state index in [2.05, 4.69) is 32.2 Å². The summed E-state index contributed by atoms with van der Waals surface area (Å²) < 4.78 is 12.4. The summed E-state index contributed by atoms with van der Waals surface area (Å²) >= 11 is 0. The number of piperidine rings is 1. The van der Waals surface area contributed by atoms with Gasteiger partial charge in [0, 0.05) is 36.7 Å². The van der Waals surface area contributed by atoms with Crippen LogP contribution in [0.5, 0.6) is 5.75 Å². The lowest BCUT2D eigenvalue weighted by Gasteiger charge is -2.37. The number of methoxy groups -OCH3 is 1. The van der Waals surface area contributed by atoms with Gasteiger partial charge in [-0.25, -0.2) is 0 Å². The van der Waals surface area contributed by atoms with Crippen LogP contribution in [0.25, 0.3) is 0 Å². The van der Waals surface area contributed by atoms with E-state index in [1.54, 1.807) is 7.11 Å². The zero-order chi connectivity index (χ0) is 30.4. The van der Waals surface area contributed by atoms with Crippen molar-refractivity contribution in [2.24, 2.45) is 5.92 Å². The molecule has 7 nitrogen and oxygen atoms in total. The van der Waals surface area contributed by atoms with Gasteiger partial charge in [0.1, 0.15) is 5.75 Å². The summed E-state index contributed by atoms with van der Waals surface area (Å²) in [6, 6.07) is 24.3. The Hall–Kier alpha value is -3.46. The molecule has 0 unspecified atom stereocenters. The summed E-state index contributed by atoms with van der Waals surface area (Å²) in [4.78, 5) is 30.9. The lowest BCUT2D eigenvalue weighted by molar-refractivity contribution is -0.146.